The van der Waals surface area contributed by atoms with Crippen molar-refractivity contribution in [2.45, 2.75) is 12.5 Å². The molecule has 0 N–H and O–H groups in total. The van der Waals surface area contributed by atoms with Crippen LogP contribution in [0.2, 0.25) is 0 Å². The highest BCUT2D eigenvalue weighted by atomic mass is 79.9. The lowest BCUT2D eigenvalue weighted by molar-refractivity contribution is -0.149. The van der Waals surface area contributed by atoms with Gasteiger partial charge >= 0.3 is 17.9 Å². The maximum Gasteiger partial charge on any atom is 0.347 e. The first-order valence-electron chi connectivity index (χ1n) is 6.69. The molecule has 23 heavy (non-hydrogen) atoms. The number of carbonyl (C=O) groups is 3. The molecule has 1 unspecified atom stereocenters. The third-order valence-electron chi connectivity index (χ3n) is 3.61. The Bertz CT molecular complexity index is 691. The maximum absolute atomic E-state index is 12.3. The minimum absolute atomic E-state index is 0.0831. The number of esters is 3. The predicted molar refractivity (Wildman–Crippen MR) is 83.8 cm³/mol. The van der Waals surface area contributed by atoms with Crippen LogP contribution in [-0.4, -0.2) is 37.5 Å². The van der Waals surface area contributed by atoms with Gasteiger partial charge in [-0.2, -0.15) is 0 Å². The number of cyclic esters (lactones) is 1. The molecule has 0 aliphatic carbocycles. The fourth-order valence-electron chi connectivity index (χ4n) is 2.42. The van der Waals surface area contributed by atoms with Crippen molar-refractivity contribution in [3.8, 4) is 0 Å². The molecule has 1 aromatic rings. The van der Waals surface area contributed by atoms with E-state index in [4.69, 9.17) is 9.47 Å². The predicted octanol–water partition coefficient (Wildman–Crippen LogP) is 1.78. The van der Waals surface area contributed by atoms with Gasteiger partial charge < -0.3 is 14.2 Å². The average Bonchev–Trinajstić information content (AvgIpc) is 2.87. The molecule has 0 fully saturated rings. The van der Waals surface area contributed by atoms with Crippen molar-refractivity contribution >= 4 is 33.8 Å². The van der Waals surface area contributed by atoms with Gasteiger partial charge in [-0.15, -0.1) is 0 Å². The number of ether oxygens (including phenoxy) is 3. The Labute approximate surface area is 141 Å². The molecule has 0 spiro atoms. The van der Waals surface area contributed by atoms with Gasteiger partial charge in [-0.25, -0.2) is 14.4 Å². The van der Waals surface area contributed by atoms with Crippen molar-refractivity contribution in [2.75, 3.05) is 19.5 Å². The van der Waals surface area contributed by atoms with Crippen LogP contribution in [-0.2, 0) is 34.2 Å². The molecule has 1 heterocycles. The number of benzene rings is 1. The smallest absolute Gasteiger partial charge is 0.347 e. The number of aryl methyl sites for hydroxylation is 1. The fourth-order valence-corrected chi connectivity index (χ4v) is 3.14. The first-order valence-corrected chi connectivity index (χ1v) is 7.81. The Kier molecular flexibility index (Phi) is 4.89. The van der Waals surface area contributed by atoms with Crippen LogP contribution in [0.4, 0.5) is 0 Å². The van der Waals surface area contributed by atoms with Crippen LogP contribution < -0.4 is 0 Å². The largest absolute Gasteiger partial charge is 0.466 e. The Morgan fingerprint density at radius 2 is 1.70 bits per heavy atom. The Morgan fingerprint density at radius 3 is 2.17 bits per heavy atom. The molecular weight excluding hydrogens is 368 g/mol. The van der Waals surface area contributed by atoms with Crippen molar-refractivity contribution in [3.05, 3.63) is 46.5 Å². The second-order valence-electron chi connectivity index (χ2n) is 4.95. The van der Waals surface area contributed by atoms with Gasteiger partial charge in [0, 0.05) is 5.56 Å². The Morgan fingerprint density at radius 1 is 1.13 bits per heavy atom. The first-order chi connectivity index (χ1) is 10.9. The van der Waals surface area contributed by atoms with E-state index in [1.54, 1.807) is 12.1 Å². The van der Waals surface area contributed by atoms with Gasteiger partial charge in [0.1, 0.15) is 5.57 Å². The lowest BCUT2D eigenvalue weighted by Crippen LogP contribution is -2.35. The summed E-state index contributed by atoms with van der Waals surface area (Å²) < 4.78 is 14.8. The monoisotopic (exact) mass is 382 g/mol. The van der Waals surface area contributed by atoms with Gasteiger partial charge in [-0.1, -0.05) is 45.8 Å². The van der Waals surface area contributed by atoms with Crippen LogP contribution >= 0.6 is 15.9 Å². The number of methoxy groups -OCH3 is 2. The summed E-state index contributed by atoms with van der Waals surface area (Å²) in [6.07, 6.45) is 0. The molecule has 0 saturated heterocycles. The summed E-state index contributed by atoms with van der Waals surface area (Å²) in [5.41, 5.74) is -0.509. The summed E-state index contributed by atoms with van der Waals surface area (Å²) in [5, 5.41) is 0.0831. The summed E-state index contributed by atoms with van der Waals surface area (Å²) in [6.45, 7) is 1.90. The standard InChI is InChI=1S/C16H15BrO6/c1-9-4-6-10(7-5-9)16(8-17)12(15(20)22-3)11(13(18)21-2)14(19)23-16/h4-7H,8H2,1-3H3. The minimum Gasteiger partial charge on any atom is -0.466 e. The third-order valence-corrected chi connectivity index (χ3v) is 4.40. The number of alkyl halides is 1. The summed E-state index contributed by atoms with van der Waals surface area (Å²) >= 11 is 3.28. The molecule has 122 valence electrons. The molecule has 0 bridgehead atoms. The van der Waals surface area contributed by atoms with E-state index in [0.29, 0.717) is 5.56 Å². The zero-order valence-electron chi connectivity index (χ0n) is 12.8. The Balaban J connectivity index is 2.74. The van der Waals surface area contributed by atoms with Crippen molar-refractivity contribution < 1.29 is 28.6 Å². The molecule has 1 aliphatic heterocycles. The van der Waals surface area contributed by atoms with Gasteiger partial charge in [0.05, 0.1) is 19.5 Å². The van der Waals surface area contributed by atoms with Crippen molar-refractivity contribution in [1.29, 1.82) is 0 Å². The van der Waals surface area contributed by atoms with E-state index in [1.807, 2.05) is 19.1 Å². The third kappa shape index (κ3) is 2.76. The van der Waals surface area contributed by atoms with Gasteiger partial charge in [0.25, 0.3) is 0 Å². The molecule has 7 heteroatoms. The topological polar surface area (TPSA) is 78.9 Å². The van der Waals surface area contributed by atoms with E-state index in [9.17, 15) is 14.4 Å². The average molecular weight is 383 g/mol. The van der Waals surface area contributed by atoms with Gasteiger partial charge in [-0.3, -0.25) is 0 Å². The van der Waals surface area contributed by atoms with Crippen LogP contribution in [0.1, 0.15) is 11.1 Å². The molecule has 0 radical (unpaired) electrons. The van der Waals surface area contributed by atoms with Crippen LogP contribution in [0.3, 0.4) is 0 Å². The number of hydrogen-bond donors (Lipinski definition) is 0. The molecule has 6 nitrogen and oxygen atoms in total. The zero-order chi connectivity index (χ0) is 17.2. The molecule has 0 aromatic heterocycles. The number of halogens is 1. The van der Waals surface area contributed by atoms with E-state index in [0.717, 1.165) is 12.7 Å². The SMILES string of the molecule is COC(=O)C1=C(C(=O)OC)C(CBr)(c2ccc(C)cc2)OC1=O. The number of hydrogen-bond acceptors (Lipinski definition) is 6. The van der Waals surface area contributed by atoms with Crippen molar-refractivity contribution in [1.82, 2.24) is 0 Å². The zero-order valence-corrected chi connectivity index (χ0v) is 14.4. The summed E-state index contributed by atoms with van der Waals surface area (Å²) in [5.74, 6) is -2.68. The van der Waals surface area contributed by atoms with E-state index >= 15 is 0 Å². The lowest BCUT2D eigenvalue weighted by atomic mass is 9.86. The summed E-state index contributed by atoms with van der Waals surface area (Å²) in [6, 6.07) is 7.09. The summed E-state index contributed by atoms with van der Waals surface area (Å²) in [4.78, 5) is 36.4. The molecule has 0 saturated carbocycles. The van der Waals surface area contributed by atoms with Crippen LogP contribution in [0.25, 0.3) is 0 Å². The second kappa shape index (κ2) is 6.54. The number of carbonyl (C=O) groups excluding carboxylic acids is 3. The van der Waals surface area contributed by atoms with E-state index in [1.165, 1.54) is 7.11 Å². The fraction of sp³-hybridized carbons (Fsp3) is 0.312. The van der Waals surface area contributed by atoms with E-state index < -0.39 is 29.1 Å². The van der Waals surface area contributed by atoms with Crippen LogP contribution in [0, 0.1) is 6.92 Å². The van der Waals surface area contributed by atoms with Crippen molar-refractivity contribution in [2.24, 2.45) is 0 Å². The van der Waals surface area contributed by atoms with Crippen LogP contribution in [0.15, 0.2) is 35.4 Å². The molecular formula is C16H15BrO6. The molecule has 1 aliphatic rings. The molecule has 2 rings (SSSR count). The summed E-state index contributed by atoms with van der Waals surface area (Å²) in [7, 11) is 2.29. The van der Waals surface area contributed by atoms with E-state index in [-0.39, 0.29) is 10.9 Å². The van der Waals surface area contributed by atoms with Gasteiger partial charge in [0.2, 0.25) is 0 Å². The molecule has 0 amide bonds. The van der Waals surface area contributed by atoms with Gasteiger partial charge in [0.15, 0.2) is 11.2 Å². The molecule has 1 aromatic carbocycles. The maximum atomic E-state index is 12.3. The van der Waals surface area contributed by atoms with Crippen LogP contribution in [0.5, 0.6) is 0 Å². The minimum atomic E-state index is -1.44. The second-order valence-corrected chi connectivity index (χ2v) is 5.51. The van der Waals surface area contributed by atoms with Gasteiger partial charge in [-0.05, 0) is 6.92 Å². The highest BCUT2D eigenvalue weighted by Gasteiger charge is 2.54. The Hall–Kier alpha value is -2.15. The highest BCUT2D eigenvalue weighted by molar-refractivity contribution is 9.09. The first kappa shape index (κ1) is 17.2. The normalized spacial score (nSPS) is 20.3. The lowest BCUT2D eigenvalue weighted by Gasteiger charge is -2.28. The number of rotatable bonds is 4. The molecule has 1 atom stereocenters. The highest BCUT2D eigenvalue weighted by Crippen LogP contribution is 2.43. The quantitative estimate of drug-likeness (QED) is 0.341. The van der Waals surface area contributed by atoms with E-state index in [2.05, 4.69) is 20.7 Å². The van der Waals surface area contributed by atoms with Crippen molar-refractivity contribution in [3.63, 3.8) is 0 Å².